The fourth-order valence-electron chi connectivity index (χ4n) is 6.65. The van der Waals surface area contributed by atoms with Crippen LogP contribution in [-0.4, -0.2) is 95.7 Å². The van der Waals surface area contributed by atoms with E-state index >= 15 is 0 Å². The number of anilines is 1. The van der Waals surface area contributed by atoms with E-state index in [1.54, 1.807) is 38.2 Å². The standard InChI is InChI=1S/C37H46F3N7O/c1-36(2,25-41)34-12-10-30(22-43-34)42-16-5-6-31-21-29-20-28(9-11-33(29)47(31)26-37(38,39)40)8-7-27-13-18-46(19-14-27)35(48)24-45-17-15-32(23-45)44(3)4/h9-12,20-22,27,32,42H,7-8,13-19,23-24,26H2,1-4H3. The molecule has 0 spiro atoms. The van der Waals surface area contributed by atoms with E-state index in [1.165, 1.54) is 4.57 Å². The van der Waals surface area contributed by atoms with Crippen LogP contribution in [0.15, 0.2) is 42.6 Å². The molecule has 0 bridgehead atoms. The number of aromatic nitrogens is 2. The maximum atomic E-state index is 13.6. The lowest BCUT2D eigenvalue weighted by Crippen LogP contribution is -2.44. The number of nitriles is 1. The van der Waals surface area contributed by atoms with Crippen LogP contribution in [0, 0.1) is 29.1 Å². The van der Waals surface area contributed by atoms with Gasteiger partial charge in [0.2, 0.25) is 5.91 Å². The van der Waals surface area contributed by atoms with Crippen LogP contribution < -0.4 is 5.32 Å². The Morgan fingerprint density at radius 3 is 2.50 bits per heavy atom. The largest absolute Gasteiger partial charge is 0.406 e. The Labute approximate surface area is 281 Å². The summed E-state index contributed by atoms with van der Waals surface area (Å²) in [6, 6.07) is 13.7. The van der Waals surface area contributed by atoms with Crippen LogP contribution in [0.2, 0.25) is 0 Å². The summed E-state index contributed by atoms with van der Waals surface area (Å²) < 4.78 is 41.9. The molecule has 11 heteroatoms. The molecule has 5 rings (SSSR count). The zero-order valence-electron chi connectivity index (χ0n) is 28.4. The van der Waals surface area contributed by atoms with Crippen LogP contribution in [0.1, 0.15) is 56.5 Å². The Kier molecular flexibility index (Phi) is 11.0. The molecule has 3 aromatic rings. The van der Waals surface area contributed by atoms with E-state index in [9.17, 15) is 23.2 Å². The van der Waals surface area contributed by atoms with E-state index in [2.05, 4.69) is 52.1 Å². The van der Waals surface area contributed by atoms with E-state index in [1.807, 2.05) is 23.1 Å². The molecule has 4 heterocycles. The first-order valence-electron chi connectivity index (χ1n) is 16.8. The van der Waals surface area contributed by atoms with Crippen molar-refractivity contribution in [2.24, 2.45) is 5.92 Å². The minimum absolute atomic E-state index is 0.223. The Hall–Kier alpha value is -4.06. The number of alkyl halides is 3. The molecule has 48 heavy (non-hydrogen) atoms. The summed E-state index contributed by atoms with van der Waals surface area (Å²) in [5, 5.41) is 13.2. The van der Waals surface area contributed by atoms with Gasteiger partial charge in [0.25, 0.3) is 0 Å². The Balaban J connectivity index is 1.16. The number of likely N-dealkylation sites (N-methyl/N-ethyl adjacent to an activating group) is 1. The summed E-state index contributed by atoms with van der Waals surface area (Å²) >= 11 is 0. The molecule has 0 saturated carbocycles. The lowest BCUT2D eigenvalue weighted by molar-refractivity contribution is -0.140. The molecule has 2 aliphatic rings. The number of halogens is 3. The number of benzene rings is 1. The van der Waals surface area contributed by atoms with Crippen molar-refractivity contribution in [2.75, 3.05) is 58.7 Å². The average Bonchev–Trinajstić information content (AvgIpc) is 3.66. The summed E-state index contributed by atoms with van der Waals surface area (Å²) in [6.45, 7) is 6.68. The molecule has 0 aliphatic carbocycles. The second-order valence-corrected chi connectivity index (χ2v) is 14.0. The van der Waals surface area contributed by atoms with Crippen LogP contribution >= 0.6 is 0 Å². The van der Waals surface area contributed by atoms with Crippen molar-refractivity contribution < 1.29 is 18.0 Å². The van der Waals surface area contributed by atoms with Gasteiger partial charge >= 0.3 is 6.18 Å². The molecular formula is C37H46F3N7O. The molecule has 2 fully saturated rings. The van der Waals surface area contributed by atoms with Gasteiger partial charge in [0.05, 0.1) is 47.8 Å². The summed E-state index contributed by atoms with van der Waals surface area (Å²) in [4.78, 5) is 23.8. The molecule has 1 N–H and O–H groups in total. The molecule has 1 atom stereocenters. The van der Waals surface area contributed by atoms with Gasteiger partial charge in [-0.15, -0.1) is 0 Å². The summed E-state index contributed by atoms with van der Waals surface area (Å²) in [6.07, 6.45) is 2.11. The second kappa shape index (κ2) is 15.0. The maximum absolute atomic E-state index is 13.6. The van der Waals surface area contributed by atoms with Crippen LogP contribution in [0.5, 0.6) is 0 Å². The number of amides is 1. The Morgan fingerprint density at radius 1 is 1.08 bits per heavy atom. The third-order valence-corrected chi connectivity index (χ3v) is 9.73. The summed E-state index contributed by atoms with van der Waals surface area (Å²) in [5.74, 6) is 6.63. The van der Waals surface area contributed by atoms with Crippen molar-refractivity contribution in [3.8, 4) is 17.9 Å². The van der Waals surface area contributed by atoms with Gasteiger partial charge in [0.1, 0.15) is 6.54 Å². The van der Waals surface area contributed by atoms with Crippen LogP contribution in [0.3, 0.4) is 0 Å². The van der Waals surface area contributed by atoms with Crippen LogP contribution in [0.4, 0.5) is 18.9 Å². The highest BCUT2D eigenvalue weighted by atomic mass is 19.4. The first-order chi connectivity index (χ1) is 22.8. The number of piperidine rings is 1. The monoisotopic (exact) mass is 661 g/mol. The fourth-order valence-corrected chi connectivity index (χ4v) is 6.65. The van der Waals surface area contributed by atoms with Gasteiger partial charge in [-0.25, -0.2) is 0 Å². The van der Waals surface area contributed by atoms with Gasteiger partial charge in [-0.1, -0.05) is 12.0 Å². The number of fused-ring (bicyclic) bond motifs is 1. The third kappa shape index (κ3) is 9.09. The van der Waals surface area contributed by atoms with Crippen molar-refractivity contribution in [2.45, 2.75) is 70.1 Å². The van der Waals surface area contributed by atoms with Crippen molar-refractivity contribution in [1.82, 2.24) is 24.3 Å². The molecule has 8 nitrogen and oxygen atoms in total. The molecule has 1 unspecified atom stereocenters. The minimum Gasteiger partial charge on any atom is -0.373 e. The lowest BCUT2D eigenvalue weighted by Gasteiger charge is -2.33. The van der Waals surface area contributed by atoms with E-state index in [0.717, 1.165) is 69.2 Å². The highest BCUT2D eigenvalue weighted by molar-refractivity contribution is 5.83. The van der Waals surface area contributed by atoms with Gasteiger partial charge in [0.15, 0.2) is 0 Å². The number of aryl methyl sites for hydroxylation is 1. The SMILES string of the molecule is CN(C)C1CCN(CC(=O)N2CCC(CCc3ccc4c(c3)cc(C#CCNc3ccc(C(C)(C)C#N)nc3)n4CC(F)(F)F)CC2)C1. The second-order valence-electron chi connectivity index (χ2n) is 14.0. The highest BCUT2D eigenvalue weighted by Crippen LogP contribution is 2.28. The quantitative estimate of drug-likeness (QED) is 0.282. The molecule has 0 radical (unpaired) electrons. The van der Waals surface area contributed by atoms with Crippen molar-refractivity contribution in [3.63, 3.8) is 0 Å². The predicted octanol–water partition coefficient (Wildman–Crippen LogP) is 5.67. The van der Waals surface area contributed by atoms with Gasteiger partial charge in [-0.3, -0.25) is 14.7 Å². The van der Waals surface area contributed by atoms with Gasteiger partial charge in [-0.05, 0) is 108 Å². The van der Waals surface area contributed by atoms with Crippen LogP contribution in [0.25, 0.3) is 10.9 Å². The summed E-state index contributed by atoms with van der Waals surface area (Å²) in [5.41, 5.74) is 2.57. The van der Waals surface area contributed by atoms with Crippen molar-refractivity contribution >= 4 is 22.5 Å². The van der Waals surface area contributed by atoms with Crippen LogP contribution in [-0.2, 0) is 23.2 Å². The normalized spacial score (nSPS) is 17.8. The number of carbonyl (C=O) groups is 1. The van der Waals surface area contributed by atoms with E-state index in [-0.39, 0.29) is 12.5 Å². The highest BCUT2D eigenvalue weighted by Gasteiger charge is 2.30. The number of hydrogen-bond donors (Lipinski definition) is 1. The topological polar surface area (TPSA) is 80.4 Å². The minimum atomic E-state index is -4.39. The Bertz CT molecular complexity index is 1670. The smallest absolute Gasteiger partial charge is 0.373 e. The molecule has 256 valence electrons. The molecular weight excluding hydrogens is 615 g/mol. The van der Waals surface area contributed by atoms with E-state index in [0.29, 0.717) is 41.1 Å². The molecule has 2 aromatic heterocycles. The van der Waals surface area contributed by atoms with E-state index in [4.69, 9.17) is 0 Å². The zero-order chi connectivity index (χ0) is 34.5. The number of pyridine rings is 1. The van der Waals surface area contributed by atoms with Crippen molar-refractivity contribution in [3.05, 3.63) is 59.5 Å². The number of nitrogens with one attached hydrogen (secondary N) is 1. The molecule has 2 aliphatic heterocycles. The number of likely N-dealkylation sites (tertiary alicyclic amines) is 2. The number of carbonyl (C=O) groups excluding carboxylic acids is 1. The third-order valence-electron chi connectivity index (χ3n) is 9.73. The number of hydrogen-bond acceptors (Lipinski definition) is 6. The number of rotatable bonds is 10. The predicted molar refractivity (Wildman–Crippen MR) is 182 cm³/mol. The molecule has 1 amide bonds. The van der Waals surface area contributed by atoms with Gasteiger partial charge < -0.3 is 19.7 Å². The number of nitrogens with zero attached hydrogens (tertiary/aromatic N) is 6. The average molecular weight is 662 g/mol. The zero-order valence-corrected chi connectivity index (χ0v) is 28.4. The molecule has 2 saturated heterocycles. The first kappa shape index (κ1) is 35.3. The van der Waals surface area contributed by atoms with E-state index < -0.39 is 18.1 Å². The van der Waals surface area contributed by atoms with Gasteiger partial charge in [-0.2, -0.15) is 18.4 Å². The van der Waals surface area contributed by atoms with Gasteiger partial charge in [0, 0.05) is 43.1 Å². The maximum Gasteiger partial charge on any atom is 0.406 e. The summed E-state index contributed by atoms with van der Waals surface area (Å²) in [7, 11) is 4.19. The fraction of sp³-hybridized carbons (Fsp3) is 0.541. The lowest BCUT2D eigenvalue weighted by atomic mass is 9.90. The first-order valence-corrected chi connectivity index (χ1v) is 16.8. The Morgan fingerprint density at radius 2 is 1.85 bits per heavy atom. The van der Waals surface area contributed by atoms with Crippen molar-refractivity contribution in [1.29, 1.82) is 5.26 Å². The molecule has 1 aromatic carbocycles.